The van der Waals surface area contributed by atoms with Gasteiger partial charge in [0.2, 0.25) is 0 Å². The summed E-state index contributed by atoms with van der Waals surface area (Å²) in [5.41, 5.74) is 0. The molecule has 0 saturated heterocycles. The number of hydrogen-bond acceptors (Lipinski definition) is 4. The van der Waals surface area contributed by atoms with Crippen LogP contribution < -0.4 is 5.32 Å². The normalized spacial score (nSPS) is 15.8. The van der Waals surface area contributed by atoms with Gasteiger partial charge >= 0.3 is 0 Å². The van der Waals surface area contributed by atoms with Crippen LogP contribution >= 0.6 is 15.9 Å². The fraction of sp³-hybridized carbons (Fsp3) is 0.636. The maximum Gasteiger partial charge on any atom is 0.152 e. The van der Waals surface area contributed by atoms with Crippen LogP contribution in [0.1, 0.15) is 32.1 Å². The molecule has 17 heavy (non-hydrogen) atoms. The average molecular weight is 324 g/mol. The molecule has 0 amide bonds. The molecule has 98 valence electrons. The minimum Gasteiger partial charge on any atom is -0.466 e. The minimum absolute atomic E-state index is 0.325. The molecule has 1 aromatic heterocycles. The van der Waals surface area contributed by atoms with Crippen LogP contribution in [-0.4, -0.2) is 26.5 Å². The van der Waals surface area contributed by atoms with Gasteiger partial charge in [0, 0.05) is 6.26 Å². The van der Waals surface area contributed by atoms with Gasteiger partial charge in [-0.3, -0.25) is 0 Å². The van der Waals surface area contributed by atoms with Gasteiger partial charge in [0.1, 0.15) is 5.76 Å². The van der Waals surface area contributed by atoms with E-state index in [1.807, 2.05) is 6.92 Å². The number of furan rings is 1. The number of rotatable bonds is 6. The van der Waals surface area contributed by atoms with Crippen molar-refractivity contribution in [2.75, 3.05) is 12.8 Å². The van der Waals surface area contributed by atoms with Crippen molar-refractivity contribution < 1.29 is 12.8 Å². The van der Waals surface area contributed by atoms with Crippen molar-refractivity contribution in [3.8, 4) is 0 Å². The molecular weight excluding hydrogens is 306 g/mol. The molecule has 1 rings (SSSR count). The minimum atomic E-state index is -3.12. The van der Waals surface area contributed by atoms with Crippen LogP contribution in [0.25, 0.3) is 0 Å². The number of sulfone groups is 1. The Balaban J connectivity index is 3.00. The molecule has 0 radical (unpaired) electrons. The lowest BCUT2D eigenvalue weighted by molar-refractivity contribution is 0.400. The van der Waals surface area contributed by atoms with Crippen molar-refractivity contribution >= 4 is 25.8 Å². The third-order valence-electron chi connectivity index (χ3n) is 2.69. The molecule has 4 nitrogen and oxygen atoms in total. The molecule has 0 aromatic carbocycles. The Morgan fingerprint density at radius 1 is 1.53 bits per heavy atom. The summed E-state index contributed by atoms with van der Waals surface area (Å²) in [4.78, 5) is 0. The van der Waals surface area contributed by atoms with Crippen LogP contribution in [0.15, 0.2) is 21.2 Å². The molecule has 0 aliphatic rings. The number of hydrogen-bond donors (Lipinski definition) is 1. The van der Waals surface area contributed by atoms with E-state index in [4.69, 9.17) is 4.42 Å². The molecule has 0 aliphatic carbocycles. The van der Waals surface area contributed by atoms with Gasteiger partial charge in [-0.15, -0.1) is 0 Å². The van der Waals surface area contributed by atoms with E-state index >= 15 is 0 Å². The Labute approximate surface area is 111 Å². The highest BCUT2D eigenvalue weighted by Gasteiger charge is 2.30. The summed E-state index contributed by atoms with van der Waals surface area (Å²) in [5, 5.41) is 2.69. The quantitative estimate of drug-likeness (QED) is 0.873. The highest BCUT2D eigenvalue weighted by Crippen LogP contribution is 2.29. The molecule has 2 atom stereocenters. The first-order valence-corrected chi connectivity index (χ1v) is 8.27. The van der Waals surface area contributed by atoms with E-state index in [0.29, 0.717) is 5.76 Å². The van der Waals surface area contributed by atoms with Gasteiger partial charge in [-0.25, -0.2) is 8.42 Å². The maximum atomic E-state index is 11.6. The highest BCUT2D eigenvalue weighted by molar-refractivity contribution is 9.10. The second-order valence-corrected chi connectivity index (χ2v) is 7.36. The van der Waals surface area contributed by atoms with Crippen LogP contribution in [-0.2, 0) is 9.84 Å². The van der Waals surface area contributed by atoms with Gasteiger partial charge < -0.3 is 9.73 Å². The highest BCUT2D eigenvalue weighted by atomic mass is 79.9. The second-order valence-electron chi connectivity index (χ2n) is 4.10. The Bertz CT molecular complexity index is 455. The van der Waals surface area contributed by atoms with Crippen LogP contribution in [0.2, 0.25) is 0 Å². The zero-order chi connectivity index (χ0) is 13.1. The van der Waals surface area contributed by atoms with Gasteiger partial charge in [-0.2, -0.15) is 0 Å². The number of nitrogens with one attached hydrogen (secondary N) is 1. The molecule has 0 bridgehead atoms. The van der Waals surface area contributed by atoms with Crippen LogP contribution in [0.3, 0.4) is 0 Å². The van der Waals surface area contributed by atoms with Gasteiger partial charge in [0.15, 0.2) is 9.84 Å². The number of halogens is 1. The predicted octanol–water partition coefficient (Wildman–Crippen LogP) is 2.52. The van der Waals surface area contributed by atoms with Crippen molar-refractivity contribution in [1.82, 2.24) is 5.32 Å². The van der Waals surface area contributed by atoms with E-state index in [9.17, 15) is 8.42 Å². The molecule has 0 aliphatic heterocycles. The maximum absolute atomic E-state index is 11.6. The third kappa shape index (κ3) is 3.82. The summed E-state index contributed by atoms with van der Waals surface area (Å²) in [6.07, 6.45) is 3.73. The van der Waals surface area contributed by atoms with Gasteiger partial charge in [0.25, 0.3) is 0 Å². The van der Waals surface area contributed by atoms with E-state index in [0.717, 1.165) is 17.4 Å². The molecule has 0 fully saturated rings. The van der Waals surface area contributed by atoms with Crippen LogP contribution in [0.5, 0.6) is 0 Å². The van der Waals surface area contributed by atoms with Gasteiger partial charge in [0.05, 0.1) is 22.0 Å². The zero-order valence-electron chi connectivity index (χ0n) is 10.2. The smallest absolute Gasteiger partial charge is 0.152 e. The summed E-state index contributed by atoms with van der Waals surface area (Å²) >= 11 is 3.37. The lowest BCUT2D eigenvalue weighted by Crippen LogP contribution is -2.35. The Morgan fingerprint density at radius 2 is 2.18 bits per heavy atom. The topological polar surface area (TPSA) is 59.3 Å². The van der Waals surface area contributed by atoms with Gasteiger partial charge in [-0.05, 0) is 41.9 Å². The lowest BCUT2D eigenvalue weighted by atomic mass is 10.1. The van der Waals surface area contributed by atoms with E-state index in [1.54, 1.807) is 19.3 Å². The van der Waals surface area contributed by atoms with E-state index in [1.165, 1.54) is 6.26 Å². The standard InChI is InChI=1S/C11H18BrNO3S/c1-4-6-13-10(8(2)17(3,14)15)11-9(12)5-7-16-11/h5,7-8,10,13H,4,6H2,1-3H3. The predicted molar refractivity (Wildman–Crippen MR) is 71.7 cm³/mol. The molecular formula is C11H18BrNO3S. The van der Waals surface area contributed by atoms with Crippen molar-refractivity contribution in [1.29, 1.82) is 0 Å². The van der Waals surface area contributed by atoms with Crippen molar-refractivity contribution in [2.24, 2.45) is 0 Å². The van der Waals surface area contributed by atoms with Crippen LogP contribution in [0, 0.1) is 0 Å². The zero-order valence-corrected chi connectivity index (χ0v) is 12.6. The molecule has 2 unspecified atom stereocenters. The molecule has 1 aromatic rings. The first-order chi connectivity index (χ1) is 7.88. The van der Waals surface area contributed by atoms with Crippen molar-refractivity contribution in [3.63, 3.8) is 0 Å². The van der Waals surface area contributed by atoms with Crippen molar-refractivity contribution in [3.05, 3.63) is 22.6 Å². The monoisotopic (exact) mass is 323 g/mol. The first kappa shape index (κ1) is 14.7. The van der Waals surface area contributed by atoms with E-state index < -0.39 is 15.1 Å². The van der Waals surface area contributed by atoms with E-state index in [2.05, 4.69) is 21.2 Å². The molecule has 6 heteroatoms. The molecule has 0 saturated carbocycles. The molecule has 1 N–H and O–H groups in total. The summed E-state index contributed by atoms with van der Waals surface area (Å²) in [7, 11) is -3.12. The first-order valence-electron chi connectivity index (χ1n) is 5.53. The Morgan fingerprint density at radius 3 is 2.59 bits per heavy atom. The molecule has 0 spiro atoms. The largest absolute Gasteiger partial charge is 0.466 e. The second kappa shape index (κ2) is 6.02. The average Bonchev–Trinajstić information content (AvgIpc) is 2.64. The lowest BCUT2D eigenvalue weighted by Gasteiger charge is -2.22. The fourth-order valence-electron chi connectivity index (χ4n) is 1.55. The van der Waals surface area contributed by atoms with Gasteiger partial charge in [-0.1, -0.05) is 6.92 Å². The fourth-order valence-corrected chi connectivity index (χ4v) is 2.71. The Hall–Kier alpha value is -0.330. The summed E-state index contributed by atoms with van der Waals surface area (Å²) in [6.45, 7) is 4.47. The van der Waals surface area contributed by atoms with Crippen LogP contribution in [0.4, 0.5) is 0 Å². The third-order valence-corrected chi connectivity index (χ3v) is 4.96. The summed E-state index contributed by atoms with van der Waals surface area (Å²) in [6, 6.07) is 1.44. The summed E-state index contributed by atoms with van der Waals surface area (Å²) < 4.78 is 29.4. The Kier molecular flexibility index (Phi) is 5.22. The van der Waals surface area contributed by atoms with Crippen molar-refractivity contribution in [2.45, 2.75) is 31.6 Å². The molecule has 1 heterocycles. The summed E-state index contributed by atoms with van der Waals surface area (Å²) in [5.74, 6) is 0.636. The SMILES string of the molecule is CCCNC(c1occc1Br)C(C)S(C)(=O)=O. The van der Waals surface area contributed by atoms with E-state index in [-0.39, 0.29) is 6.04 Å².